The molecule has 3 aromatic rings. The summed E-state index contributed by atoms with van der Waals surface area (Å²) in [6.07, 6.45) is 3.56. The minimum absolute atomic E-state index is 0.0565. The van der Waals surface area contributed by atoms with Crippen LogP contribution >= 0.6 is 11.6 Å². The van der Waals surface area contributed by atoms with Gasteiger partial charge in [0.05, 0.1) is 31.2 Å². The summed E-state index contributed by atoms with van der Waals surface area (Å²) < 4.78 is 34.1. The van der Waals surface area contributed by atoms with E-state index in [1.807, 2.05) is 46.0 Å². The lowest BCUT2D eigenvalue weighted by Crippen LogP contribution is -2.39. The van der Waals surface area contributed by atoms with Crippen LogP contribution in [0.25, 0.3) is 5.69 Å². The molecule has 2 aliphatic rings. The lowest BCUT2D eigenvalue weighted by molar-refractivity contribution is -0.144. The Morgan fingerprint density at radius 3 is 2.65 bits per heavy atom. The molecule has 1 amide bonds. The van der Waals surface area contributed by atoms with E-state index in [0.29, 0.717) is 49.5 Å². The van der Waals surface area contributed by atoms with Crippen molar-refractivity contribution in [2.24, 2.45) is 5.92 Å². The van der Waals surface area contributed by atoms with E-state index in [9.17, 15) is 14.0 Å². The molecule has 1 aromatic heterocycles. The van der Waals surface area contributed by atoms with Crippen LogP contribution in [0, 0.1) is 11.7 Å². The largest absolute Gasteiger partial charge is 0.493 e. The molecule has 5 rings (SSSR count). The Hall–Kier alpha value is -3.36. The number of fused-ring (bicyclic) bond motifs is 3. The van der Waals surface area contributed by atoms with Crippen molar-refractivity contribution in [3.8, 4) is 11.4 Å². The minimum Gasteiger partial charge on any atom is -0.493 e. The Labute approximate surface area is 238 Å². The van der Waals surface area contributed by atoms with E-state index in [1.54, 1.807) is 19.1 Å². The number of halogens is 2. The third-order valence-electron chi connectivity index (χ3n) is 7.77. The number of aromatic nitrogens is 1. The van der Waals surface area contributed by atoms with Crippen LogP contribution in [0.4, 0.5) is 4.39 Å². The molecule has 0 aliphatic carbocycles. The molecule has 2 atom stereocenters. The fourth-order valence-corrected chi connectivity index (χ4v) is 5.98. The van der Waals surface area contributed by atoms with Crippen molar-refractivity contribution in [3.05, 3.63) is 82.4 Å². The Bertz CT molecular complexity index is 1370. The number of benzene rings is 2. The number of esters is 1. The van der Waals surface area contributed by atoms with Gasteiger partial charge in [-0.05, 0) is 68.5 Å². The highest BCUT2D eigenvalue weighted by Crippen LogP contribution is 2.45. The topological polar surface area (TPSA) is 70.0 Å². The molecule has 212 valence electrons. The van der Waals surface area contributed by atoms with Gasteiger partial charge in [-0.1, -0.05) is 23.7 Å². The zero-order valence-electron chi connectivity index (χ0n) is 22.8. The average molecular weight is 569 g/mol. The zero-order chi connectivity index (χ0) is 28.2. The van der Waals surface area contributed by atoms with Crippen LogP contribution in [0.1, 0.15) is 68.1 Å². The number of methoxy groups -OCH3 is 1. The number of rotatable bonds is 8. The Morgan fingerprint density at radius 1 is 1.10 bits per heavy atom. The fraction of sp³-hybridized carbons (Fsp3) is 0.419. The van der Waals surface area contributed by atoms with Crippen LogP contribution in [0.5, 0.6) is 5.75 Å². The lowest BCUT2D eigenvalue weighted by atomic mass is 9.93. The summed E-state index contributed by atoms with van der Waals surface area (Å²) in [7, 11) is 1.44. The van der Waals surface area contributed by atoms with Gasteiger partial charge < -0.3 is 23.7 Å². The summed E-state index contributed by atoms with van der Waals surface area (Å²) in [6, 6.07) is 14.3. The number of hydrogen-bond donors (Lipinski definition) is 0. The normalized spacial score (nSPS) is 18.9. The molecule has 1 saturated heterocycles. The van der Waals surface area contributed by atoms with Crippen LogP contribution in [0.15, 0.2) is 54.7 Å². The first-order valence-corrected chi connectivity index (χ1v) is 14.2. The number of piperidine rings is 1. The molecule has 3 heterocycles. The van der Waals surface area contributed by atoms with E-state index in [2.05, 4.69) is 0 Å². The highest BCUT2D eigenvalue weighted by molar-refractivity contribution is 6.30. The predicted molar refractivity (Wildman–Crippen MR) is 149 cm³/mol. The summed E-state index contributed by atoms with van der Waals surface area (Å²) >= 11 is 6.42. The second-order valence-corrected chi connectivity index (χ2v) is 10.7. The molecular weight excluding hydrogens is 535 g/mol. The van der Waals surface area contributed by atoms with Crippen molar-refractivity contribution in [3.63, 3.8) is 0 Å². The maximum Gasteiger partial charge on any atom is 0.306 e. The standard InChI is InChI=1S/C31H34ClFN2O5/c1-3-39-29(37)18-20-13-16-34(17-14-20)28(36)12-11-27-26-8-5-15-35(26)25-10-9-21(32)19-23(25)30(40-27)22-6-4-7-24(33)31(22)38-2/h4-10,15,19-20,27,30H,3,11-14,16-18H2,1-2H3/t27-,30-/m1/s1. The second-order valence-electron chi connectivity index (χ2n) is 10.2. The van der Waals surface area contributed by atoms with Gasteiger partial charge in [-0.3, -0.25) is 9.59 Å². The van der Waals surface area contributed by atoms with Crippen LogP contribution in [0.2, 0.25) is 5.02 Å². The highest BCUT2D eigenvalue weighted by Gasteiger charge is 2.33. The van der Waals surface area contributed by atoms with Crippen molar-refractivity contribution in [2.75, 3.05) is 26.8 Å². The Kier molecular flexibility index (Phi) is 8.76. The number of likely N-dealkylation sites (tertiary alicyclic amines) is 1. The first-order valence-electron chi connectivity index (χ1n) is 13.8. The van der Waals surface area contributed by atoms with E-state index < -0.39 is 18.0 Å². The van der Waals surface area contributed by atoms with Gasteiger partial charge in [-0.2, -0.15) is 0 Å². The van der Waals surface area contributed by atoms with E-state index in [4.69, 9.17) is 25.8 Å². The molecule has 7 nitrogen and oxygen atoms in total. The molecule has 0 bridgehead atoms. The van der Waals surface area contributed by atoms with Crippen LogP contribution in [-0.2, 0) is 19.1 Å². The lowest BCUT2D eigenvalue weighted by Gasteiger charge is -2.32. The van der Waals surface area contributed by atoms with Gasteiger partial charge in [0.25, 0.3) is 0 Å². The summed E-state index contributed by atoms with van der Waals surface area (Å²) in [5, 5.41) is 0.538. The molecule has 0 unspecified atom stereocenters. The van der Waals surface area contributed by atoms with Gasteiger partial charge in [0.15, 0.2) is 11.6 Å². The van der Waals surface area contributed by atoms with Crippen molar-refractivity contribution in [2.45, 2.75) is 51.2 Å². The van der Waals surface area contributed by atoms with Crippen molar-refractivity contribution in [1.82, 2.24) is 9.47 Å². The third kappa shape index (κ3) is 5.88. The van der Waals surface area contributed by atoms with E-state index in [-0.39, 0.29) is 23.5 Å². The third-order valence-corrected chi connectivity index (χ3v) is 8.01. The average Bonchev–Trinajstić information content (AvgIpc) is 3.39. The zero-order valence-corrected chi connectivity index (χ0v) is 23.5. The van der Waals surface area contributed by atoms with E-state index in [1.165, 1.54) is 13.2 Å². The van der Waals surface area contributed by atoms with Gasteiger partial charge in [0.2, 0.25) is 5.91 Å². The van der Waals surface area contributed by atoms with Crippen molar-refractivity contribution < 1.29 is 28.2 Å². The summed E-state index contributed by atoms with van der Waals surface area (Å²) in [4.78, 5) is 27.0. The van der Waals surface area contributed by atoms with Gasteiger partial charge in [0.1, 0.15) is 6.10 Å². The van der Waals surface area contributed by atoms with Crippen molar-refractivity contribution >= 4 is 23.5 Å². The fourth-order valence-electron chi connectivity index (χ4n) is 5.80. The smallest absolute Gasteiger partial charge is 0.306 e. The SMILES string of the molecule is CCOC(=O)CC1CCN(C(=O)CC[C@H]2O[C@H](c3cccc(F)c3OC)c3cc(Cl)ccc3-n3cccc32)CC1. The summed E-state index contributed by atoms with van der Waals surface area (Å²) in [5.41, 5.74) is 3.11. The summed E-state index contributed by atoms with van der Waals surface area (Å²) in [6.45, 7) is 3.43. The van der Waals surface area contributed by atoms with Crippen molar-refractivity contribution in [1.29, 1.82) is 0 Å². The number of para-hydroxylation sites is 1. The molecule has 2 aliphatic heterocycles. The molecule has 0 N–H and O–H groups in total. The number of amides is 1. The Balaban J connectivity index is 1.36. The second kappa shape index (κ2) is 12.4. The minimum atomic E-state index is -0.669. The number of carbonyl (C=O) groups is 2. The number of ether oxygens (including phenoxy) is 3. The molecule has 40 heavy (non-hydrogen) atoms. The number of hydrogen-bond acceptors (Lipinski definition) is 5. The maximum absolute atomic E-state index is 14.8. The molecule has 9 heteroatoms. The first kappa shape index (κ1) is 28.2. The van der Waals surface area contributed by atoms with Gasteiger partial charge in [0, 0.05) is 48.3 Å². The molecule has 2 aromatic carbocycles. The molecule has 0 saturated carbocycles. The monoisotopic (exact) mass is 568 g/mol. The van der Waals surface area contributed by atoms with Crippen LogP contribution in [-0.4, -0.2) is 48.1 Å². The maximum atomic E-state index is 14.8. The predicted octanol–water partition coefficient (Wildman–Crippen LogP) is 6.41. The van der Waals surface area contributed by atoms with Gasteiger partial charge >= 0.3 is 5.97 Å². The number of nitrogens with zero attached hydrogens (tertiary/aromatic N) is 2. The first-order chi connectivity index (χ1) is 19.4. The van der Waals surface area contributed by atoms with Gasteiger partial charge in [-0.15, -0.1) is 0 Å². The summed E-state index contributed by atoms with van der Waals surface area (Å²) in [5.74, 6) is -0.239. The van der Waals surface area contributed by atoms with Crippen LogP contribution in [0.3, 0.4) is 0 Å². The highest BCUT2D eigenvalue weighted by atomic mass is 35.5. The van der Waals surface area contributed by atoms with Crippen LogP contribution < -0.4 is 4.74 Å². The van der Waals surface area contributed by atoms with E-state index >= 15 is 0 Å². The van der Waals surface area contributed by atoms with E-state index in [0.717, 1.165) is 29.8 Å². The molecule has 0 spiro atoms. The molecule has 0 radical (unpaired) electrons. The molecular formula is C31H34ClFN2O5. The Morgan fingerprint density at radius 2 is 1.90 bits per heavy atom. The molecule has 1 fully saturated rings. The quantitative estimate of drug-likeness (QED) is 0.294. The number of carbonyl (C=O) groups excluding carboxylic acids is 2. The van der Waals surface area contributed by atoms with Gasteiger partial charge in [-0.25, -0.2) is 4.39 Å².